The summed E-state index contributed by atoms with van der Waals surface area (Å²) in [5.74, 6) is 0.955. The van der Waals surface area contributed by atoms with Gasteiger partial charge in [-0.05, 0) is 17.8 Å². The number of alkyl halides is 1. The molecule has 1 atom stereocenters. The predicted octanol–water partition coefficient (Wildman–Crippen LogP) is 3.06. The molecule has 1 amide bonds. The van der Waals surface area contributed by atoms with E-state index in [-0.39, 0.29) is 5.41 Å². The van der Waals surface area contributed by atoms with Crippen LogP contribution >= 0.6 is 15.9 Å². The van der Waals surface area contributed by atoms with Gasteiger partial charge in [-0.15, -0.1) is 0 Å². The number of carbonyl (C=O) groups excluding carboxylic acids is 1. The summed E-state index contributed by atoms with van der Waals surface area (Å²) in [6.45, 7) is 8.44. The first-order chi connectivity index (χ1) is 6.98. The summed E-state index contributed by atoms with van der Waals surface area (Å²) in [5, 5.41) is 0.947. The Morgan fingerprint density at radius 2 is 2.20 bits per heavy atom. The van der Waals surface area contributed by atoms with Crippen molar-refractivity contribution in [3.05, 3.63) is 0 Å². The van der Waals surface area contributed by atoms with Gasteiger partial charge in [0.15, 0.2) is 0 Å². The van der Waals surface area contributed by atoms with E-state index >= 15 is 0 Å². The highest BCUT2D eigenvalue weighted by molar-refractivity contribution is 9.09. The largest absolute Gasteiger partial charge is 0.342 e. The molecule has 0 spiro atoms. The van der Waals surface area contributed by atoms with E-state index in [2.05, 4.69) is 36.7 Å². The summed E-state index contributed by atoms with van der Waals surface area (Å²) in [6, 6.07) is 0. The molecule has 3 heteroatoms. The van der Waals surface area contributed by atoms with Gasteiger partial charge >= 0.3 is 0 Å². The van der Waals surface area contributed by atoms with Crippen molar-refractivity contribution in [3.63, 3.8) is 0 Å². The Bertz CT molecular complexity index is 228. The molecule has 1 saturated heterocycles. The lowest BCUT2D eigenvalue weighted by atomic mass is 9.96. The molecule has 0 aromatic carbocycles. The number of rotatable bonds is 5. The van der Waals surface area contributed by atoms with Gasteiger partial charge in [0.05, 0.1) is 0 Å². The molecule has 0 aromatic heterocycles. The second-order valence-electron chi connectivity index (χ2n) is 5.43. The highest BCUT2D eigenvalue weighted by atomic mass is 79.9. The number of nitrogens with zero attached hydrogens (tertiary/aromatic N) is 1. The monoisotopic (exact) mass is 275 g/mol. The van der Waals surface area contributed by atoms with Crippen molar-refractivity contribution in [2.24, 2.45) is 11.3 Å². The molecule has 0 N–H and O–H groups in total. The number of halogens is 1. The van der Waals surface area contributed by atoms with Gasteiger partial charge in [0, 0.05) is 24.8 Å². The van der Waals surface area contributed by atoms with Gasteiger partial charge in [0.1, 0.15) is 0 Å². The van der Waals surface area contributed by atoms with Gasteiger partial charge in [0.2, 0.25) is 5.91 Å². The van der Waals surface area contributed by atoms with Crippen molar-refractivity contribution in [1.29, 1.82) is 0 Å². The summed E-state index contributed by atoms with van der Waals surface area (Å²) < 4.78 is 0. The first-order valence-corrected chi connectivity index (χ1v) is 6.94. The predicted molar refractivity (Wildman–Crippen MR) is 67.2 cm³/mol. The normalized spacial score (nSPS) is 22.5. The Hall–Kier alpha value is -0.0500. The quantitative estimate of drug-likeness (QED) is 0.707. The van der Waals surface area contributed by atoms with Gasteiger partial charge in [-0.1, -0.05) is 43.1 Å². The number of carbonyl (C=O) groups is 1. The fourth-order valence-electron chi connectivity index (χ4n) is 2.17. The highest BCUT2D eigenvalue weighted by Gasteiger charge is 2.32. The Labute approximate surface area is 102 Å². The maximum atomic E-state index is 11.8. The van der Waals surface area contributed by atoms with E-state index in [1.54, 1.807) is 0 Å². The smallest absolute Gasteiger partial charge is 0.222 e. The number of amides is 1. The summed E-state index contributed by atoms with van der Waals surface area (Å²) in [7, 11) is 0. The molecular formula is C12H22BrNO. The van der Waals surface area contributed by atoms with Crippen molar-refractivity contribution in [2.45, 2.75) is 40.0 Å². The first kappa shape index (κ1) is 13.0. The summed E-state index contributed by atoms with van der Waals surface area (Å²) in [6.07, 6.45) is 3.15. The van der Waals surface area contributed by atoms with E-state index in [1.807, 2.05) is 4.90 Å². The van der Waals surface area contributed by atoms with E-state index in [1.165, 1.54) is 12.8 Å². The maximum Gasteiger partial charge on any atom is 0.222 e. The molecule has 88 valence electrons. The Morgan fingerprint density at radius 1 is 1.53 bits per heavy atom. The van der Waals surface area contributed by atoms with Crippen molar-refractivity contribution in [1.82, 2.24) is 4.90 Å². The fraction of sp³-hybridized carbons (Fsp3) is 0.917. The third-order valence-electron chi connectivity index (χ3n) is 2.97. The van der Waals surface area contributed by atoms with Gasteiger partial charge in [-0.25, -0.2) is 0 Å². The van der Waals surface area contributed by atoms with Crippen LogP contribution in [0.4, 0.5) is 0 Å². The highest BCUT2D eigenvalue weighted by Crippen LogP contribution is 2.27. The maximum absolute atomic E-state index is 11.8. The zero-order chi connectivity index (χ0) is 11.5. The topological polar surface area (TPSA) is 20.3 Å². The van der Waals surface area contributed by atoms with E-state index < -0.39 is 0 Å². The molecule has 0 radical (unpaired) electrons. The van der Waals surface area contributed by atoms with E-state index in [4.69, 9.17) is 0 Å². The van der Waals surface area contributed by atoms with Crippen LogP contribution < -0.4 is 0 Å². The second-order valence-corrected chi connectivity index (χ2v) is 5.99. The molecule has 0 aromatic rings. The molecule has 1 unspecified atom stereocenters. The van der Waals surface area contributed by atoms with Crippen LogP contribution in [0.15, 0.2) is 0 Å². The van der Waals surface area contributed by atoms with Crippen LogP contribution in [0, 0.1) is 11.3 Å². The van der Waals surface area contributed by atoms with Gasteiger partial charge in [0.25, 0.3) is 0 Å². The third kappa shape index (κ3) is 3.78. The first-order valence-electron chi connectivity index (χ1n) is 5.82. The minimum Gasteiger partial charge on any atom is -0.342 e. The lowest BCUT2D eigenvalue weighted by Crippen LogP contribution is -2.36. The third-order valence-corrected chi connectivity index (χ3v) is 4.49. The molecule has 0 saturated carbocycles. The SMILES string of the molecule is CCCC1CC(=O)N(CC(C)(C)CBr)C1. The number of hydrogen-bond donors (Lipinski definition) is 0. The van der Waals surface area contributed by atoms with Crippen LogP contribution in [0.5, 0.6) is 0 Å². The van der Waals surface area contributed by atoms with Crippen molar-refractivity contribution >= 4 is 21.8 Å². The number of likely N-dealkylation sites (tertiary alicyclic amines) is 1. The van der Waals surface area contributed by atoms with Crippen LogP contribution in [-0.2, 0) is 4.79 Å². The zero-order valence-electron chi connectivity index (χ0n) is 10.1. The fourth-order valence-corrected chi connectivity index (χ4v) is 2.34. The lowest BCUT2D eigenvalue weighted by Gasteiger charge is -2.28. The summed E-state index contributed by atoms with van der Waals surface area (Å²) in [4.78, 5) is 13.8. The standard InChI is InChI=1S/C12H22BrNO/c1-4-5-10-6-11(15)14(7-10)9-12(2,3)8-13/h10H,4-9H2,1-3H3. The molecule has 1 fully saturated rings. The Kier molecular flexibility index (Phi) is 4.63. The van der Waals surface area contributed by atoms with Gasteiger partial charge in [-0.3, -0.25) is 4.79 Å². The van der Waals surface area contributed by atoms with Gasteiger partial charge in [-0.2, -0.15) is 0 Å². The Balaban J connectivity index is 2.47. The summed E-state index contributed by atoms with van der Waals surface area (Å²) in [5.41, 5.74) is 0.191. The molecule has 1 aliphatic rings. The molecule has 0 aliphatic carbocycles. The average Bonchev–Trinajstić information content (AvgIpc) is 2.47. The Morgan fingerprint density at radius 3 is 2.73 bits per heavy atom. The van der Waals surface area contributed by atoms with Crippen molar-refractivity contribution in [3.8, 4) is 0 Å². The summed E-state index contributed by atoms with van der Waals surface area (Å²) >= 11 is 3.51. The van der Waals surface area contributed by atoms with Gasteiger partial charge < -0.3 is 4.90 Å². The van der Waals surface area contributed by atoms with Crippen LogP contribution in [0.25, 0.3) is 0 Å². The van der Waals surface area contributed by atoms with Crippen LogP contribution in [0.2, 0.25) is 0 Å². The molecule has 15 heavy (non-hydrogen) atoms. The molecule has 1 heterocycles. The lowest BCUT2D eigenvalue weighted by molar-refractivity contribution is -0.128. The second kappa shape index (κ2) is 5.33. The van der Waals surface area contributed by atoms with Crippen LogP contribution in [-0.4, -0.2) is 29.2 Å². The van der Waals surface area contributed by atoms with Crippen molar-refractivity contribution in [2.75, 3.05) is 18.4 Å². The molecular weight excluding hydrogens is 254 g/mol. The van der Waals surface area contributed by atoms with Crippen LogP contribution in [0.3, 0.4) is 0 Å². The zero-order valence-corrected chi connectivity index (χ0v) is 11.6. The molecule has 1 aliphatic heterocycles. The molecule has 1 rings (SSSR count). The minimum atomic E-state index is 0.191. The molecule has 0 bridgehead atoms. The van der Waals surface area contributed by atoms with E-state index in [0.717, 1.165) is 24.8 Å². The van der Waals surface area contributed by atoms with Crippen LogP contribution in [0.1, 0.15) is 40.0 Å². The van der Waals surface area contributed by atoms with Crippen molar-refractivity contribution < 1.29 is 4.79 Å². The number of hydrogen-bond acceptors (Lipinski definition) is 1. The van der Waals surface area contributed by atoms with E-state index in [0.29, 0.717) is 11.8 Å². The average molecular weight is 276 g/mol. The van der Waals surface area contributed by atoms with E-state index in [9.17, 15) is 4.79 Å². The molecule has 2 nitrogen and oxygen atoms in total. The minimum absolute atomic E-state index is 0.191.